The highest BCUT2D eigenvalue weighted by Gasteiger charge is 2.20. The van der Waals surface area contributed by atoms with Crippen molar-refractivity contribution in [2.24, 2.45) is 5.41 Å². The minimum atomic E-state index is -0.237. The fourth-order valence-corrected chi connectivity index (χ4v) is 1.48. The molecule has 5 nitrogen and oxygen atoms in total. The van der Waals surface area contributed by atoms with Crippen molar-refractivity contribution < 1.29 is 9.53 Å². The van der Waals surface area contributed by atoms with Crippen molar-refractivity contribution in [1.29, 1.82) is 0 Å². The molecule has 0 aliphatic heterocycles. The number of carbonyl (C=O) groups is 1. The molecule has 0 aliphatic carbocycles. The Hall–Kier alpha value is -1.62. The normalized spacial score (nSPS) is 11.3. The first-order valence-electron chi connectivity index (χ1n) is 5.94. The summed E-state index contributed by atoms with van der Waals surface area (Å²) < 4.78 is 5.04. The van der Waals surface area contributed by atoms with Crippen LogP contribution < -0.4 is 11.1 Å². The van der Waals surface area contributed by atoms with Crippen molar-refractivity contribution in [3.63, 3.8) is 0 Å². The SMILES string of the molecule is COCCC(C)(C)CNC(=O)c1ncccc1N. The lowest BCUT2D eigenvalue weighted by molar-refractivity contribution is 0.0917. The first-order chi connectivity index (χ1) is 8.46. The van der Waals surface area contributed by atoms with E-state index in [-0.39, 0.29) is 17.0 Å². The molecule has 3 N–H and O–H groups in total. The van der Waals surface area contributed by atoms with Crippen molar-refractivity contribution in [3.8, 4) is 0 Å². The molecule has 0 radical (unpaired) electrons. The number of hydrogen-bond donors (Lipinski definition) is 2. The van der Waals surface area contributed by atoms with Crippen LogP contribution in [0.4, 0.5) is 5.69 Å². The van der Waals surface area contributed by atoms with Gasteiger partial charge in [-0.05, 0) is 24.0 Å². The second-order valence-corrected chi connectivity index (χ2v) is 5.03. The molecule has 0 aromatic carbocycles. The molecule has 1 heterocycles. The minimum absolute atomic E-state index is 0.0186. The van der Waals surface area contributed by atoms with E-state index in [1.54, 1.807) is 25.4 Å². The van der Waals surface area contributed by atoms with Crippen LogP contribution in [0.15, 0.2) is 18.3 Å². The molecule has 1 aromatic heterocycles. The van der Waals surface area contributed by atoms with Crippen LogP contribution in [0.25, 0.3) is 0 Å². The molecule has 1 amide bonds. The number of rotatable bonds is 6. The Morgan fingerprint density at radius 1 is 1.56 bits per heavy atom. The van der Waals surface area contributed by atoms with E-state index in [9.17, 15) is 4.79 Å². The number of ether oxygens (including phenoxy) is 1. The summed E-state index contributed by atoms with van der Waals surface area (Å²) in [6, 6.07) is 3.37. The Kier molecular flexibility index (Phi) is 5.09. The fourth-order valence-electron chi connectivity index (χ4n) is 1.48. The fraction of sp³-hybridized carbons (Fsp3) is 0.538. The Morgan fingerprint density at radius 2 is 2.28 bits per heavy atom. The zero-order valence-corrected chi connectivity index (χ0v) is 11.2. The van der Waals surface area contributed by atoms with Crippen molar-refractivity contribution in [2.45, 2.75) is 20.3 Å². The molecular weight excluding hydrogens is 230 g/mol. The summed E-state index contributed by atoms with van der Waals surface area (Å²) in [6.45, 7) is 5.39. The summed E-state index contributed by atoms with van der Waals surface area (Å²) in [7, 11) is 1.67. The van der Waals surface area contributed by atoms with Gasteiger partial charge in [-0.15, -0.1) is 0 Å². The van der Waals surface area contributed by atoms with E-state index in [1.807, 2.05) is 0 Å². The largest absolute Gasteiger partial charge is 0.397 e. The number of hydrogen-bond acceptors (Lipinski definition) is 4. The molecule has 0 unspecified atom stereocenters. The van der Waals surface area contributed by atoms with E-state index < -0.39 is 0 Å². The van der Waals surface area contributed by atoms with Gasteiger partial charge < -0.3 is 15.8 Å². The number of nitrogen functional groups attached to an aromatic ring is 1. The van der Waals surface area contributed by atoms with E-state index >= 15 is 0 Å². The lowest BCUT2D eigenvalue weighted by Gasteiger charge is -2.24. The topological polar surface area (TPSA) is 77.2 Å². The van der Waals surface area contributed by atoms with E-state index in [1.165, 1.54) is 0 Å². The van der Waals surface area contributed by atoms with Gasteiger partial charge >= 0.3 is 0 Å². The Balaban J connectivity index is 2.54. The van der Waals surface area contributed by atoms with E-state index in [4.69, 9.17) is 10.5 Å². The average Bonchev–Trinajstić information content (AvgIpc) is 2.34. The zero-order valence-electron chi connectivity index (χ0n) is 11.2. The number of pyridine rings is 1. The predicted octanol–water partition coefficient (Wildman–Crippen LogP) is 1.46. The third-order valence-electron chi connectivity index (χ3n) is 2.76. The molecule has 0 aliphatic rings. The number of nitrogens with zero attached hydrogens (tertiary/aromatic N) is 1. The monoisotopic (exact) mass is 251 g/mol. The number of nitrogens with two attached hydrogens (primary N) is 1. The molecule has 1 aromatic rings. The highest BCUT2D eigenvalue weighted by Crippen LogP contribution is 2.19. The summed E-state index contributed by atoms with van der Waals surface area (Å²) in [4.78, 5) is 15.9. The average molecular weight is 251 g/mol. The van der Waals surface area contributed by atoms with E-state index in [0.29, 0.717) is 18.8 Å². The van der Waals surface area contributed by atoms with Gasteiger partial charge in [-0.25, -0.2) is 4.98 Å². The Morgan fingerprint density at radius 3 is 2.89 bits per heavy atom. The summed E-state index contributed by atoms with van der Waals surface area (Å²) in [5.41, 5.74) is 6.35. The molecule has 0 atom stereocenters. The summed E-state index contributed by atoms with van der Waals surface area (Å²) in [6.07, 6.45) is 2.43. The van der Waals surface area contributed by atoms with Gasteiger partial charge in [0.2, 0.25) is 0 Å². The van der Waals surface area contributed by atoms with Gasteiger partial charge in [0.05, 0.1) is 5.69 Å². The lowest BCUT2D eigenvalue weighted by atomic mass is 9.89. The van der Waals surface area contributed by atoms with Gasteiger partial charge in [-0.3, -0.25) is 4.79 Å². The molecule has 1 rings (SSSR count). The number of carbonyl (C=O) groups excluding carboxylic acids is 1. The van der Waals surface area contributed by atoms with Gasteiger partial charge in [0.1, 0.15) is 0 Å². The van der Waals surface area contributed by atoms with Crippen LogP contribution in [0.3, 0.4) is 0 Å². The highest BCUT2D eigenvalue weighted by molar-refractivity contribution is 5.96. The molecular formula is C13H21N3O2. The zero-order chi connectivity index (χ0) is 13.6. The molecule has 0 fully saturated rings. The van der Waals surface area contributed by atoms with Crippen LogP contribution in [0.2, 0.25) is 0 Å². The summed E-state index contributed by atoms with van der Waals surface area (Å²) in [5, 5.41) is 2.85. The molecule has 0 bridgehead atoms. The maximum atomic E-state index is 11.9. The molecule has 18 heavy (non-hydrogen) atoms. The maximum Gasteiger partial charge on any atom is 0.272 e. The number of methoxy groups -OCH3 is 1. The van der Waals surface area contributed by atoms with Crippen LogP contribution >= 0.6 is 0 Å². The van der Waals surface area contributed by atoms with Crippen LogP contribution in [-0.2, 0) is 4.74 Å². The highest BCUT2D eigenvalue weighted by atomic mass is 16.5. The quantitative estimate of drug-likeness (QED) is 0.802. The molecule has 0 spiro atoms. The van der Waals surface area contributed by atoms with Gasteiger partial charge in [-0.1, -0.05) is 13.8 Å². The van der Waals surface area contributed by atoms with Crippen molar-refractivity contribution in [3.05, 3.63) is 24.0 Å². The molecule has 5 heteroatoms. The van der Waals surface area contributed by atoms with Gasteiger partial charge in [-0.2, -0.15) is 0 Å². The van der Waals surface area contributed by atoms with Crippen molar-refractivity contribution in [2.75, 3.05) is 26.0 Å². The van der Waals surface area contributed by atoms with E-state index in [0.717, 1.165) is 6.42 Å². The van der Waals surface area contributed by atoms with E-state index in [2.05, 4.69) is 24.1 Å². The minimum Gasteiger partial charge on any atom is -0.397 e. The molecule has 0 saturated carbocycles. The summed E-state index contributed by atoms with van der Waals surface area (Å²) >= 11 is 0. The third-order valence-corrected chi connectivity index (χ3v) is 2.76. The number of aromatic nitrogens is 1. The van der Waals surface area contributed by atoms with Gasteiger partial charge in [0, 0.05) is 26.5 Å². The molecule has 0 saturated heterocycles. The second-order valence-electron chi connectivity index (χ2n) is 5.03. The number of anilines is 1. The summed E-state index contributed by atoms with van der Waals surface area (Å²) in [5.74, 6) is -0.237. The Labute approximate surface area is 108 Å². The number of amides is 1. The second kappa shape index (κ2) is 6.35. The Bertz CT molecular complexity index is 405. The smallest absolute Gasteiger partial charge is 0.272 e. The van der Waals surface area contributed by atoms with Crippen molar-refractivity contribution in [1.82, 2.24) is 10.3 Å². The number of nitrogens with one attached hydrogen (secondary N) is 1. The van der Waals surface area contributed by atoms with Crippen LogP contribution in [0, 0.1) is 5.41 Å². The predicted molar refractivity (Wildman–Crippen MR) is 71.3 cm³/mol. The van der Waals surface area contributed by atoms with Crippen molar-refractivity contribution >= 4 is 11.6 Å². The first-order valence-corrected chi connectivity index (χ1v) is 5.94. The van der Waals surface area contributed by atoms with Crippen LogP contribution in [0.5, 0.6) is 0 Å². The van der Waals surface area contributed by atoms with Gasteiger partial charge in [0.15, 0.2) is 5.69 Å². The standard InChI is InChI=1S/C13H21N3O2/c1-13(2,6-8-18-3)9-16-12(17)11-10(14)5-4-7-15-11/h4-5,7H,6,8-9,14H2,1-3H3,(H,16,17). The molecule has 100 valence electrons. The third kappa shape index (κ3) is 4.33. The first kappa shape index (κ1) is 14.4. The lowest BCUT2D eigenvalue weighted by Crippen LogP contribution is -2.35. The maximum absolute atomic E-state index is 11.9. The van der Waals surface area contributed by atoms with Crippen LogP contribution in [0.1, 0.15) is 30.8 Å². The van der Waals surface area contributed by atoms with Crippen LogP contribution in [-0.4, -0.2) is 31.2 Å². The van der Waals surface area contributed by atoms with Gasteiger partial charge in [0.25, 0.3) is 5.91 Å².